The number of hydrogen-bond acceptors (Lipinski definition) is 7. The highest BCUT2D eigenvalue weighted by atomic mass is 19.1. The Bertz CT molecular complexity index is 1120. The van der Waals surface area contributed by atoms with Crippen LogP contribution in [0.1, 0.15) is 13.8 Å². The Labute approximate surface area is 199 Å². The van der Waals surface area contributed by atoms with E-state index in [-0.39, 0.29) is 11.9 Å². The van der Waals surface area contributed by atoms with Gasteiger partial charge in [0.25, 0.3) is 0 Å². The van der Waals surface area contributed by atoms with Crippen molar-refractivity contribution in [2.45, 2.75) is 19.9 Å². The third-order valence-corrected chi connectivity index (χ3v) is 5.48. The second kappa shape index (κ2) is 10.4. The maximum atomic E-state index is 14.2. The lowest BCUT2D eigenvalue weighted by Gasteiger charge is -2.29. The Hall–Kier alpha value is -3.85. The van der Waals surface area contributed by atoms with Gasteiger partial charge in [0.05, 0.1) is 18.9 Å². The number of rotatable bonds is 6. The number of morpholine rings is 1. The van der Waals surface area contributed by atoms with E-state index in [0.29, 0.717) is 29.0 Å². The van der Waals surface area contributed by atoms with E-state index in [1.165, 1.54) is 12.3 Å². The fraction of sp³-hybridized carbons (Fsp3) is 0.280. The van der Waals surface area contributed by atoms with Gasteiger partial charge in [-0.05, 0) is 50.2 Å². The molecular formula is C25H30FN7O. The molecule has 1 saturated heterocycles. The average molecular weight is 464 g/mol. The standard InChI is InChI=1S/C25H30FN7O/c1-17(2)33-24(23(16-27)31-25(33)30-22-7-5-4-6-21(22)26)29-18(3)28-19-8-10-20(11-9-19)32-12-14-34-15-13-32/h4-11,16-17,28H,3,12-15,27H2,1-2H3,(H,30,31)/b23-16+,29-24+. The van der Waals surface area contributed by atoms with Gasteiger partial charge in [0.2, 0.25) is 5.96 Å². The Morgan fingerprint density at radius 1 is 1.18 bits per heavy atom. The largest absolute Gasteiger partial charge is 0.403 e. The summed E-state index contributed by atoms with van der Waals surface area (Å²) in [5.41, 5.74) is 8.65. The average Bonchev–Trinajstić information content (AvgIpc) is 3.18. The van der Waals surface area contributed by atoms with Crippen molar-refractivity contribution in [1.29, 1.82) is 0 Å². The van der Waals surface area contributed by atoms with Crippen molar-refractivity contribution in [2.75, 3.05) is 41.8 Å². The van der Waals surface area contributed by atoms with Crippen LogP contribution in [0.15, 0.2) is 82.8 Å². The highest BCUT2D eigenvalue weighted by molar-refractivity contribution is 6.18. The molecule has 178 valence electrons. The molecule has 1 fully saturated rings. The van der Waals surface area contributed by atoms with E-state index in [0.717, 1.165) is 37.7 Å². The Morgan fingerprint density at radius 2 is 1.88 bits per heavy atom. The minimum atomic E-state index is -0.371. The number of aliphatic imine (C=N–C) groups is 2. The molecule has 0 bridgehead atoms. The Balaban J connectivity index is 1.50. The van der Waals surface area contributed by atoms with Crippen molar-refractivity contribution in [3.05, 3.63) is 78.6 Å². The molecule has 0 aliphatic carbocycles. The van der Waals surface area contributed by atoms with E-state index in [9.17, 15) is 4.39 Å². The highest BCUT2D eigenvalue weighted by Gasteiger charge is 2.31. The number of anilines is 3. The zero-order chi connectivity index (χ0) is 24.1. The predicted molar refractivity (Wildman–Crippen MR) is 136 cm³/mol. The first-order chi connectivity index (χ1) is 16.5. The number of guanidine groups is 1. The molecule has 0 radical (unpaired) electrons. The molecule has 2 aliphatic heterocycles. The number of nitrogens with one attached hydrogen (secondary N) is 2. The first-order valence-corrected chi connectivity index (χ1v) is 11.3. The number of amidine groups is 1. The van der Waals surface area contributed by atoms with Crippen LogP contribution in [0.5, 0.6) is 0 Å². The van der Waals surface area contributed by atoms with Gasteiger partial charge in [-0.25, -0.2) is 14.4 Å². The highest BCUT2D eigenvalue weighted by Crippen LogP contribution is 2.24. The minimum Gasteiger partial charge on any atom is -0.403 e. The van der Waals surface area contributed by atoms with E-state index in [4.69, 9.17) is 10.5 Å². The van der Waals surface area contributed by atoms with Crippen LogP contribution in [-0.4, -0.2) is 49.0 Å². The molecule has 2 aliphatic rings. The molecular weight excluding hydrogens is 433 g/mol. The Kier molecular flexibility index (Phi) is 7.12. The predicted octanol–water partition coefficient (Wildman–Crippen LogP) is 3.94. The second-order valence-electron chi connectivity index (χ2n) is 8.21. The lowest BCUT2D eigenvalue weighted by Crippen LogP contribution is -2.42. The van der Waals surface area contributed by atoms with Gasteiger partial charge in [-0.15, -0.1) is 0 Å². The van der Waals surface area contributed by atoms with Crippen LogP contribution in [0.3, 0.4) is 0 Å². The van der Waals surface area contributed by atoms with Gasteiger partial charge in [-0.3, -0.25) is 4.90 Å². The summed E-state index contributed by atoms with van der Waals surface area (Å²) in [6.45, 7) is 11.3. The van der Waals surface area contributed by atoms with Gasteiger partial charge in [0.1, 0.15) is 17.3 Å². The maximum Gasteiger partial charge on any atom is 0.210 e. The summed E-state index contributed by atoms with van der Waals surface area (Å²) in [5, 5.41) is 6.28. The molecule has 2 aromatic rings. The fourth-order valence-electron chi connectivity index (χ4n) is 3.82. The molecule has 8 nitrogen and oxygen atoms in total. The van der Waals surface area contributed by atoms with Gasteiger partial charge >= 0.3 is 0 Å². The van der Waals surface area contributed by atoms with E-state index >= 15 is 0 Å². The quantitative estimate of drug-likeness (QED) is 0.601. The van der Waals surface area contributed by atoms with Crippen LogP contribution in [0, 0.1) is 5.82 Å². The summed E-state index contributed by atoms with van der Waals surface area (Å²) in [6, 6.07) is 14.5. The molecule has 4 rings (SSSR count). The fourth-order valence-corrected chi connectivity index (χ4v) is 3.82. The summed E-state index contributed by atoms with van der Waals surface area (Å²) < 4.78 is 19.6. The summed E-state index contributed by atoms with van der Waals surface area (Å²) in [6.07, 6.45) is 1.38. The summed E-state index contributed by atoms with van der Waals surface area (Å²) >= 11 is 0. The third-order valence-electron chi connectivity index (χ3n) is 5.48. The summed E-state index contributed by atoms with van der Waals surface area (Å²) in [7, 11) is 0. The molecule has 0 aromatic heterocycles. The van der Waals surface area contributed by atoms with Crippen LogP contribution < -0.4 is 21.3 Å². The zero-order valence-corrected chi connectivity index (χ0v) is 19.5. The SMILES string of the molecule is C=C(/N=C1\C(=C/N)N=C(Nc2ccccc2F)N1C(C)C)Nc1ccc(N2CCOCC2)cc1. The van der Waals surface area contributed by atoms with Crippen molar-refractivity contribution >= 4 is 28.9 Å². The van der Waals surface area contributed by atoms with E-state index < -0.39 is 0 Å². The molecule has 4 N–H and O–H groups in total. The van der Waals surface area contributed by atoms with Crippen LogP contribution in [0.2, 0.25) is 0 Å². The van der Waals surface area contributed by atoms with Crippen molar-refractivity contribution in [3.8, 4) is 0 Å². The monoisotopic (exact) mass is 463 g/mol. The molecule has 0 amide bonds. The lowest BCUT2D eigenvalue weighted by atomic mass is 10.2. The van der Waals surface area contributed by atoms with E-state index in [1.54, 1.807) is 18.2 Å². The van der Waals surface area contributed by atoms with E-state index in [1.807, 2.05) is 30.9 Å². The van der Waals surface area contributed by atoms with Crippen molar-refractivity contribution in [1.82, 2.24) is 4.90 Å². The topological polar surface area (TPSA) is 90.5 Å². The molecule has 9 heteroatoms. The number of para-hydroxylation sites is 1. The maximum absolute atomic E-state index is 14.2. The third kappa shape index (κ3) is 5.20. The first kappa shape index (κ1) is 23.3. The summed E-state index contributed by atoms with van der Waals surface area (Å²) in [4.78, 5) is 13.4. The van der Waals surface area contributed by atoms with Crippen LogP contribution in [0.25, 0.3) is 0 Å². The molecule has 2 aromatic carbocycles. The number of hydrogen-bond donors (Lipinski definition) is 3. The molecule has 0 atom stereocenters. The van der Waals surface area contributed by atoms with Crippen molar-refractivity contribution in [2.24, 2.45) is 15.7 Å². The van der Waals surface area contributed by atoms with Crippen LogP contribution in [0.4, 0.5) is 21.5 Å². The van der Waals surface area contributed by atoms with E-state index in [2.05, 4.69) is 44.2 Å². The number of nitrogens with zero attached hydrogens (tertiary/aromatic N) is 4. The first-order valence-electron chi connectivity index (χ1n) is 11.3. The van der Waals surface area contributed by atoms with Crippen molar-refractivity contribution < 1.29 is 9.13 Å². The molecule has 0 saturated carbocycles. The molecule has 34 heavy (non-hydrogen) atoms. The molecule has 0 unspecified atom stereocenters. The van der Waals surface area contributed by atoms with Crippen LogP contribution >= 0.6 is 0 Å². The summed E-state index contributed by atoms with van der Waals surface area (Å²) in [5.74, 6) is 1.03. The van der Waals surface area contributed by atoms with Gasteiger partial charge in [0.15, 0.2) is 5.84 Å². The number of nitrogens with two attached hydrogens (primary N) is 1. The number of ether oxygens (including phenoxy) is 1. The molecule has 2 heterocycles. The van der Waals surface area contributed by atoms with Gasteiger partial charge in [0, 0.05) is 36.7 Å². The lowest BCUT2D eigenvalue weighted by molar-refractivity contribution is 0.122. The Morgan fingerprint density at radius 3 is 2.53 bits per heavy atom. The minimum absolute atomic E-state index is 0.0187. The number of halogens is 1. The van der Waals surface area contributed by atoms with Gasteiger partial charge < -0.3 is 26.0 Å². The van der Waals surface area contributed by atoms with Gasteiger partial charge in [-0.1, -0.05) is 18.7 Å². The second-order valence-corrected chi connectivity index (χ2v) is 8.21. The normalized spacial score (nSPS) is 18.5. The smallest absolute Gasteiger partial charge is 0.210 e. The van der Waals surface area contributed by atoms with Crippen LogP contribution in [-0.2, 0) is 4.74 Å². The van der Waals surface area contributed by atoms with Crippen molar-refractivity contribution in [3.63, 3.8) is 0 Å². The number of benzene rings is 2. The zero-order valence-electron chi connectivity index (χ0n) is 19.5. The van der Waals surface area contributed by atoms with Gasteiger partial charge in [-0.2, -0.15) is 0 Å². The molecule has 0 spiro atoms.